The van der Waals surface area contributed by atoms with Crippen molar-refractivity contribution in [2.45, 2.75) is 17.7 Å². The van der Waals surface area contributed by atoms with Crippen molar-refractivity contribution < 1.29 is 4.74 Å². The van der Waals surface area contributed by atoms with Gasteiger partial charge in [0, 0.05) is 6.54 Å². The molecule has 0 radical (unpaired) electrons. The molecule has 90 valence electrons. The summed E-state index contributed by atoms with van der Waals surface area (Å²) in [5, 5.41) is 0. The molecular weight excluding hydrogens is 218 g/mol. The van der Waals surface area contributed by atoms with Gasteiger partial charge in [0.25, 0.3) is 0 Å². The molecular formula is C13H21NOS. The Morgan fingerprint density at radius 1 is 1.44 bits per heavy atom. The second kappa shape index (κ2) is 4.68. The fourth-order valence-corrected chi connectivity index (χ4v) is 5.64. The fourth-order valence-electron chi connectivity index (χ4n) is 2.49. The lowest BCUT2D eigenvalue weighted by Gasteiger charge is -2.41. The van der Waals surface area contributed by atoms with Crippen molar-refractivity contribution in [2.75, 3.05) is 31.4 Å². The molecule has 0 saturated heterocycles. The number of ether oxygens (including phenoxy) is 1. The highest BCUT2D eigenvalue weighted by Gasteiger charge is 2.26. The first-order valence-electron chi connectivity index (χ1n) is 5.80. The van der Waals surface area contributed by atoms with Crippen LogP contribution in [0.5, 0.6) is 5.75 Å². The molecule has 0 fully saturated rings. The van der Waals surface area contributed by atoms with E-state index in [0.717, 1.165) is 18.0 Å². The van der Waals surface area contributed by atoms with E-state index < -0.39 is 10.0 Å². The van der Waals surface area contributed by atoms with Gasteiger partial charge >= 0.3 is 0 Å². The van der Waals surface area contributed by atoms with Gasteiger partial charge < -0.3 is 10.5 Å². The summed E-state index contributed by atoms with van der Waals surface area (Å²) in [7, 11) is 1.05. The lowest BCUT2D eigenvalue weighted by molar-refractivity contribution is 0.413. The van der Waals surface area contributed by atoms with Crippen molar-refractivity contribution in [3.63, 3.8) is 0 Å². The second-order valence-corrected chi connectivity index (χ2v) is 8.35. The molecule has 0 spiro atoms. The zero-order valence-electron chi connectivity index (χ0n) is 10.2. The molecule has 16 heavy (non-hydrogen) atoms. The maximum absolute atomic E-state index is 5.76. The minimum atomic E-state index is -0.687. The van der Waals surface area contributed by atoms with Gasteiger partial charge in [-0.1, -0.05) is 6.07 Å². The highest BCUT2D eigenvalue weighted by atomic mass is 32.3. The summed E-state index contributed by atoms with van der Waals surface area (Å²) in [5.74, 6) is 3.45. The summed E-state index contributed by atoms with van der Waals surface area (Å²) in [6, 6.07) is 6.54. The van der Waals surface area contributed by atoms with Crippen molar-refractivity contribution in [2.24, 2.45) is 5.73 Å². The van der Waals surface area contributed by atoms with Crippen molar-refractivity contribution in [3.8, 4) is 5.75 Å². The van der Waals surface area contributed by atoms with Crippen LogP contribution >= 0.6 is 10.0 Å². The first-order chi connectivity index (χ1) is 7.69. The van der Waals surface area contributed by atoms with E-state index in [4.69, 9.17) is 10.5 Å². The summed E-state index contributed by atoms with van der Waals surface area (Å²) in [6.45, 7) is 0.794. The van der Waals surface area contributed by atoms with E-state index in [9.17, 15) is 0 Å². The van der Waals surface area contributed by atoms with Crippen molar-refractivity contribution >= 4 is 10.0 Å². The van der Waals surface area contributed by atoms with Crippen molar-refractivity contribution in [1.82, 2.24) is 0 Å². The summed E-state index contributed by atoms with van der Waals surface area (Å²) >= 11 is 0. The van der Waals surface area contributed by atoms with Crippen LogP contribution in [-0.2, 0) is 6.42 Å². The molecule has 1 aliphatic rings. The van der Waals surface area contributed by atoms with E-state index in [-0.39, 0.29) is 0 Å². The van der Waals surface area contributed by atoms with Gasteiger partial charge in [0.05, 0.1) is 7.11 Å². The third-order valence-electron chi connectivity index (χ3n) is 3.41. The van der Waals surface area contributed by atoms with Crippen LogP contribution in [0.4, 0.5) is 0 Å². The number of methoxy groups -OCH3 is 1. The maximum atomic E-state index is 5.76. The molecule has 1 atom stereocenters. The number of nitrogens with two attached hydrogens (primary N) is 1. The summed E-state index contributed by atoms with van der Waals surface area (Å²) in [4.78, 5) is 1.53. The minimum absolute atomic E-state index is 0.687. The highest BCUT2D eigenvalue weighted by molar-refractivity contribution is 8.33. The van der Waals surface area contributed by atoms with Gasteiger partial charge in [-0.2, -0.15) is 0 Å². The van der Waals surface area contributed by atoms with Gasteiger partial charge in [-0.3, -0.25) is 0 Å². The number of rotatable bonds is 3. The van der Waals surface area contributed by atoms with Crippen LogP contribution in [0.2, 0.25) is 0 Å². The smallest absolute Gasteiger partial charge is 0.119 e. The van der Waals surface area contributed by atoms with Gasteiger partial charge in [-0.25, -0.2) is 10.0 Å². The molecule has 0 saturated carbocycles. The summed E-state index contributed by atoms with van der Waals surface area (Å²) in [5.41, 5.74) is 7.27. The molecule has 2 rings (SSSR count). The van der Waals surface area contributed by atoms with Gasteiger partial charge in [0.1, 0.15) is 5.75 Å². The fraction of sp³-hybridized carbons (Fsp3) is 0.538. The standard InChI is InChI=1S/C13H21NOS/c1-15-12-6-5-11-4-3-8-16(2,9-7-14)13(11)10-12/h5-6,10H,3-4,7-9,14H2,1-2H3. The van der Waals surface area contributed by atoms with E-state index >= 15 is 0 Å². The molecule has 1 aliphatic heterocycles. The summed E-state index contributed by atoms with van der Waals surface area (Å²) < 4.78 is 5.33. The van der Waals surface area contributed by atoms with E-state index in [2.05, 4.69) is 24.5 Å². The van der Waals surface area contributed by atoms with Crippen LogP contribution in [0.1, 0.15) is 12.0 Å². The average molecular weight is 239 g/mol. The molecule has 1 aromatic rings. The Hall–Kier alpha value is -0.670. The number of hydrogen-bond acceptors (Lipinski definition) is 2. The van der Waals surface area contributed by atoms with Crippen LogP contribution in [0.25, 0.3) is 0 Å². The predicted molar refractivity (Wildman–Crippen MR) is 71.9 cm³/mol. The number of fused-ring (bicyclic) bond motifs is 1. The van der Waals surface area contributed by atoms with Crippen molar-refractivity contribution in [1.29, 1.82) is 0 Å². The van der Waals surface area contributed by atoms with E-state index in [0.29, 0.717) is 0 Å². The van der Waals surface area contributed by atoms with Crippen LogP contribution < -0.4 is 10.5 Å². The SMILES string of the molecule is COc1ccc2c(c1)S(C)(CCN)CCC2. The number of aryl methyl sites for hydroxylation is 1. The van der Waals surface area contributed by atoms with Crippen LogP contribution in [-0.4, -0.2) is 31.4 Å². The van der Waals surface area contributed by atoms with Crippen LogP contribution in [0.3, 0.4) is 0 Å². The Labute approximate surface area is 99.5 Å². The molecule has 0 aromatic heterocycles. The summed E-state index contributed by atoms with van der Waals surface area (Å²) in [6.07, 6.45) is 4.94. The third-order valence-corrected chi connectivity index (χ3v) is 7.18. The Morgan fingerprint density at radius 3 is 2.94 bits per heavy atom. The molecule has 1 unspecified atom stereocenters. The topological polar surface area (TPSA) is 35.2 Å². The molecule has 2 nitrogen and oxygen atoms in total. The normalized spacial score (nSPS) is 27.9. The lowest BCUT2D eigenvalue weighted by atomic mass is 10.1. The zero-order valence-corrected chi connectivity index (χ0v) is 11.0. The van der Waals surface area contributed by atoms with Crippen molar-refractivity contribution in [3.05, 3.63) is 23.8 Å². The van der Waals surface area contributed by atoms with Gasteiger partial charge in [0.2, 0.25) is 0 Å². The van der Waals surface area contributed by atoms with E-state index in [1.54, 1.807) is 7.11 Å². The average Bonchev–Trinajstić information content (AvgIpc) is 2.29. The van der Waals surface area contributed by atoms with Gasteiger partial charge in [-0.05, 0) is 53.2 Å². The number of hydrogen-bond donors (Lipinski definition) is 1. The third kappa shape index (κ3) is 2.06. The molecule has 1 aromatic carbocycles. The Balaban J connectivity index is 2.42. The first kappa shape index (κ1) is 11.8. The largest absolute Gasteiger partial charge is 0.497 e. The van der Waals surface area contributed by atoms with E-state index in [1.165, 1.54) is 29.1 Å². The predicted octanol–water partition coefficient (Wildman–Crippen LogP) is 2.39. The van der Waals surface area contributed by atoms with Gasteiger partial charge in [-0.15, -0.1) is 0 Å². The van der Waals surface area contributed by atoms with Gasteiger partial charge in [0.15, 0.2) is 0 Å². The Bertz CT molecular complexity index is 380. The van der Waals surface area contributed by atoms with E-state index in [1.807, 2.05) is 0 Å². The molecule has 0 aliphatic carbocycles. The molecule has 1 heterocycles. The maximum Gasteiger partial charge on any atom is 0.119 e. The van der Waals surface area contributed by atoms with Crippen LogP contribution in [0.15, 0.2) is 23.1 Å². The number of benzene rings is 1. The van der Waals surface area contributed by atoms with Crippen LogP contribution in [0, 0.1) is 0 Å². The Morgan fingerprint density at radius 2 is 2.25 bits per heavy atom. The minimum Gasteiger partial charge on any atom is -0.497 e. The monoisotopic (exact) mass is 239 g/mol. The molecule has 0 bridgehead atoms. The molecule has 0 amide bonds. The second-order valence-electron chi connectivity index (χ2n) is 4.55. The first-order valence-corrected chi connectivity index (χ1v) is 8.18. The quantitative estimate of drug-likeness (QED) is 0.879. The molecule has 2 N–H and O–H groups in total. The zero-order chi connectivity index (χ0) is 11.6. The molecule has 3 heteroatoms. The lowest BCUT2D eigenvalue weighted by Crippen LogP contribution is -2.21. The highest BCUT2D eigenvalue weighted by Crippen LogP contribution is 2.57. The Kier molecular flexibility index (Phi) is 3.45.